The zero-order valence-electron chi connectivity index (χ0n) is 13.2. The fourth-order valence-corrected chi connectivity index (χ4v) is 3.17. The maximum absolute atomic E-state index is 14.0. The maximum Gasteiger partial charge on any atom is 0.254 e. The lowest BCUT2D eigenvalue weighted by atomic mass is 9.99. The Hall–Kier alpha value is -2.27. The first-order valence-electron chi connectivity index (χ1n) is 8.07. The van der Waals surface area contributed by atoms with Crippen LogP contribution in [-0.4, -0.2) is 35.1 Å². The molecule has 3 rings (SSSR count). The predicted molar refractivity (Wildman–Crippen MR) is 87.6 cm³/mol. The fourth-order valence-electron chi connectivity index (χ4n) is 3.17. The number of amides is 1. The lowest BCUT2D eigenvalue weighted by molar-refractivity contribution is 0.0503. The van der Waals surface area contributed by atoms with Gasteiger partial charge < -0.3 is 10.0 Å². The number of carbonyl (C=O) groups excluding carboxylic acids is 1. The number of likely N-dealkylation sites (tertiary alicyclic amines) is 1. The van der Waals surface area contributed by atoms with E-state index in [0.29, 0.717) is 17.7 Å². The van der Waals surface area contributed by atoms with Crippen molar-refractivity contribution in [2.45, 2.75) is 25.3 Å². The molecule has 0 bridgehead atoms. The van der Waals surface area contributed by atoms with E-state index in [9.17, 15) is 18.7 Å². The average molecular weight is 331 g/mol. The molecular weight excluding hydrogens is 312 g/mol. The largest absolute Gasteiger partial charge is 0.394 e. The van der Waals surface area contributed by atoms with Crippen molar-refractivity contribution in [3.63, 3.8) is 0 Å². The molecule has 1 fully saturated rings. The zero-order chi connectivity index (χ0) is 17.1. The normalized spacial score (nSPS) is 17.8. The number of hydrogen-bond acceptors (Lipinski definition) is 2. The van der Waals surface area contributed by atoms with Gasteiger partial charge in [0.05, 0.1) is 12.6 Å². The van der Waals surface area contributed by atoms with Crippen LogP contribution in [-0.2, 0) is 0 Å². The smallest absolute Gasteiger partial charge is 0.254 e. The molecule has 24 heavy (non-hydrogen) atoms. The molecule has 0 saturated carbocycles. The van der Waals surface area contributed by atoms with E-state index in [4.69, 9.17) is 0 Å². The Morgan fingerprint density at radius 1 is 1.17 bits per heavy atom. The van der Waals surface area contributed by atoms with Gasteiger partial charge in [-0.3, -0.25) is 4.79 Å². The lowest BCUT2D eigenvalue weighted by Crippen LogP contribution is -2.45. The van der Waals surface area contributed by atoms with E-state index in [1.54, 1.807) is 29.2 Å². The lowest BCUT2D eigenvalue weighted by Gasteiger charge is -2.34. The van der Waals surface area contributed by atoms with Gasteiger partial charge in [-0.15, -0.1) is 0 Å². The molecule has 2 aromatic carbocycles. The monoisotopic (exact) mass is 331 g/mol. The van der Waals surface area contributed by atoms with E-state index >= 15 is 0 Å². The molecule has 5 heteroatoms. The van der Waals surface area contributed by atoms with Crippen molar-refractivity contribution in [1.82, 2.24) is 4.90 Å². The van der Waals surface area contributed by atoms with Crippen LogP contribution < -0.4 is 0 Å². The standard InChI is InChI=1S/C19H19F2NO2/c20-15-7-8-17(18(21)11-15)13-4-3-5-14(10-13)19(24)22-9-2-1-6-16(22)12-23/h3-5,7-8,10-11,16,23H,1-2,6,9,12H2/t16-/m1/s1. The molecule has 0 radical (unpaired) electrons. The summed E-state index contributed by atoms with van der Waals surface area (Å²) in [5, 5.41) is 9.47. The molecular formula is C19H19F2NO2. The van der Waals surface area contributed by atoms with Crippen molar-refractivity contribution >= 4 is 5.91 Å². The maximum atomic E-state index is 14.0. The highest BCUT2D eigenvalue weighted by Gasteiger charge is 2.27. The Labute approximate surface area is 139 Å². The summed E-state index contributed by atoms with van der Waals surface area (Å²) in [6, 6.07) is 9.88. The molecule has 1 heterocycles. The summed E-state index contributed by atoms with van der Waals surface area (Å²) in [6.45, 7) is 0.553. The molecule has 1 amide bonds. The minimum absolute atomic E-state index is 0.0575. The third-order valence-electron chi connectivity index (χ3n) is 4.45. The van der Waals surface area contributed by atoms with Gasteiger partial charge in [0.2, 0.25) is 0 Å². The van der Waals surface area contributed by atoms with Gasteiger partial charge in [0.15, 0.2) is 0 Å². The number of hydrogen-bond donors (Lipinski definition) is 1. The van der Waals surface area contributed by atoms with Crippen LogP contribution >= 0.6 is 0 Å². The molecule has 0 unspecified atom stereocenters. The van der Waals surface area contributed by atoms with E-state index in [0.717, 1.165) is 25.3 Å². The predicted octanol–water partition coefficient (Wildman–Crippen LogP) is 3.62. The highest BCUT2D eigenvalue weighted by Crippen LogP contribution is 2.26. The first kappa shape index (κ1) is 16.6. The number of benzene rings is 2. The van der Waals surface area contributed by atoms with Crippen LogP contribution in [0, 0.1) is 11.6 Å². The van der Waals surface area contributed by atoms with Crippen molar-refractivity contribution < 1.29 is 18.7 Å². The first-order chi connectivity index (χ1) is 11.6. The highest BCUT2D eigenvalue weighted by molar-refractivity contribution is 5.95. The quantitative estimate of drug-likeness (QED) is 0.933. The van der Waals surface area contributed by atoms with E-state index in [-0.39, 0.29) is 24.1 Å². The summed E-state index contributed by atoms with van der Waals surface area (Å²) in [6.07, 6.45) is 2.69. The summed E-state index contributed by atoms with van der Waals surface area (Å²) in [7, 11) is 0. The number of piperidine rings is 1. The van der Waals surface area contributed by atoms with Gasteiger partial charge in [0, 0.05) is 23.7 Å². The molecule has 1 saturated heterocycles. The van der Waals surface area contributed by atoms with Crippen LogP contribution in [0.4, 0.5) is 8.78 Å². The molecule has 2 aromatic rings. The molecule has 1 atom stereocenters. The Morgan fingerprint density at radius 2 is 2.00 bits per heavy atom. The van der Waals surface area contributed by atoms with Gasteiger partial charge in [-0.2, -0.15) is 0 Å². The molecule has 0 spiro atoms. The number of rotatable bonds is 3. The van der Waals surface area contributed by atoms with E-state index in [1.807, 2.05) is 0 Å². The van der Waals surface area contributed by atoms with E-state index in [1.165, 1.54) is 12.1 Å². The van der Waals surface area contributed by atoms with Crippen molar-refractivity contribution in [2.75, 3.05) is 13.2 Å². The summed E-state index contributed by atoms with van der Waals surface area (Å²) < 4.78 is 27.0. The highest BCUT2D eigenvalue weighted by atomic mass is 19.1. The van der Waals surface area contributed by atoms with Gasteiger partial charge in [0.1, 0.15) is 11.6 Å². The fraction of sp³-hybridized carbons (Fsp3) is 0.316. The second-order valence-electron chi connectivity index (χ2n) is 6.04. The number of nitrogens with zero attached hydrogens (tertiary/aromatic N) is 1. The minimum Gasteiger partial charge on any atom is -0.394 e. The van der Waals surface area contributed by atoms with Gasteiger partial charge >= 0.3 is 0 Å². The van der Waals surface area contributed by atoms with Crippen LogP contribution in [0.15, 0.2) is 42.5 Å². The summed E-state index contributed by atoms with van der Waals surface area (Å²) in [4.78, 5) is 14.4. The molecule has 0 aliphatic carbocycles. The van der Waals surface area contributed by atoms with Crippen LogP contribution in [0.1, 0.15) is 29.6 Å². The number of halogens is 2. The number of carbonyl (C=O) groups is 1. The summed E-state index contributed by atoms with van der Waals surface area (Å²) in [5.41, 5.74) is 1.22. The van der Waals surface area contributed by atoms with Gasteiger partial charge in [0.25, 0.3) is 5.91 Å². The van der Waals surface area contributed by atoms with E-state index < -0.39 is 11.6 Å². The Balaban J connectivity index is 1.91. The molecule has 1 N–H and O–H groups in total. The SMILES string of the molecule is O=C(c1cccc(-c2ccc(F)cc2F)c1)N1CCCC[C@@H]1CO. The van der Waals surface area contributed by atoms with Crippen LogP contribution in [0.25, 0.3) is 11.1 Å². The molecule has 126 valence electrons. The summed E-state index contributed by atoms with van der Waals surface area (Å²) in [5.74, 6) is -1.47. The van der Waals surface area contributed by atoms with Crippen molar-refractivity contribution in [2.24, 2.45) is 0 Å². The average Bonchev–Trinajstić information content (AvgIpc) is 2.61. The molecule has 0 aromatic heterocycles. The third-order valence-corrected chi connectivity index (χ3v) is 4.45. The number of aliphatic hydroxyl groups excluding tert-OH is 1. The molecule has 3 nitrogen and oxygen atoms in total. The molecule has 1 aliphatic rings. The van der Waals surface area contributed by atoms with Crippen LogP contribution in [0.2, 0.25) is 0 Å². The Kier molecular flexibility index (Phi) is 4.90. The van der Waals surface area contributed by atoms with Crippen molar-refractivity contribution in [3.8, 4) is 11.1 Å². The van der Waals surface area contributed by atoms with Gasteiger partial charge in [-0.1, -0.05) is 12.1 Å². The van der Waals surface area contributed by atoms with Crippen molar-refractivity contribution in [1.29, 1.82) is 0 Å². The Morgan fingerprint density at radius 3 is 2.75 bits per heavy atom. The second-order valence-corrected chi connectivity index (χ2v) is 6.04. The molecule has 1 aliphatic heterocycles. The minimum atomic E-state index is -0.661. The van der Waals surface area contributed by atoms with Gasteiger partial charge in [-0.05, 0) is 49.1 Å². The van der Waals surface area contributed by atoms with Crippen molar-refractivity contribution in [3.05, 3.63) is 59.7 Å². The first-order valence-corrected chi connectivity index (χ1v) is 8.07. The Bertz CT molecular complexity index is 748. The van der Waals surface area contributed by atoms with Gasteiger partial charge in [-0.25, -0.2) is 8.78 Å². The van der Waals surface area contributed by atoms with Crippen LogP contribution in [0.3, 0.4) is 0 Å². The third kappa shape index (κ3) is 3.31. The van der Waals surface area contributed by atoms with Crippen LogP contribution in [0.5, 0.6) is 0 Å². The second kappa shape index (κ2) is 7.09. The topological polar surface area (TPSA) is 40.5 Å². The zero-order valence-corrected chi connectivity index (χ0v) is 13.2. The number of aliphatic hydroxyl groups is 1. The van der Waals surface area contributed by atoms with E-state index in [2.05, 4.69) is 0 Å². The summed E-state index contributed by atoms with van der Waals surface area (Å²) >= 11 is 0.